The normalized spacial score (nSPS) is 21.7. The van der Waals surface area contributed by atoms with Crippen LogP contribution in [0.1, 0.15) is 73.6 Å². The highest BCUT2D eigenvalue weighted by Gasteiger charge is 2.36. The molecule has 0 bridgehead atoms. The summed E-state index contributed by atoms with van der Waals surface area (Å²) in [5, 5.41) is 18.6. The van der Waals surface area contributed by atoms with E-state index in [-0.39, 0.29) is 29.6 Å². The van der Waals surface area contributed by atoms with Gasteiger partial charge in [0.1, 0.15) is 6.23 Å². The van der Waals surface area contributed by atoms with E-state index in [1.165, 1.54) is 0 Å². The summed E-state index contributed by atoms with van der Waals surface area (Å²) in [4.78, 5) is 29.3. The summed E-state index contributed by atoms with van der Waals surface area (Å²) in [6.07, 6.45) is 0.797. The topological polar surface area (TPSA) is 90.7 Å². The van der Waals surface area contributed by atoms with E-state index in [1.807, 2.05) is 44.3 Å². The van der Waals surface area contributed by atoms with E-state index in [4.69, 9.17) is 0 Å². The Kier molecular flexibility index (Phi) is 6.74. The number of fused-ring (bicyclic) bond motifs is 1. The lowest BCUT2D eigenvalue weighted by molar-refractivity contribution is -0.146. The summed E-state index contributed by atoms with van der Waals surface area (Å²) in [7, 11) is 1.87. The van der Waals surface area contributed by atoms with Gasteiger partial charge < -0.3 is 20.2 Å². The third-order valence-corrected chi connectivity index (χ3v) is 6.91. The molecule has 2 aliphatic heterocycles. The molecule has 3 heterocycles. The summed E-state index contributed by atoms with van der Waals surface area (Å²) in [6, 6.07) is 9.98. The fourth-order valence-electron chi connectivity index (χ4n) is 5.13. The molecule has 3 atom stereocenters. The van der Waals surface area contributed by atoms with Gasteiger partial charge >= 0.3 is 0 Å². The number of aliphatic hydroxyl groups is 1. The fourth-order valence-corrected chi connectivity index (χ4v) is 5.13. The van der Waals surface area contributed by atoms with Crippen LogP contribution in [-0.4, -0.2) is 62.5 Å². The van der Waals surface area contributed by atoms with Gasteiger partial charge in [-0.1, -0.05) is 51.1 Å². The molecular weight excluding hydrogens is 418 g/mol. The zero-order chi connectivity index (χ0) is 23.7. The van der Waals surface area contributed by atoms with E-state index in [1.54, 1.807) is 14.5 Å². The average Bonchev–Trinajstić information content (AvgIpc) is 3.13. The molecule has 1 aromatic heterocycles. The quantitative estimate of drug-likeness (QED) is 0.701. The molecule has 33 heavy (non-hydrogen) atoms. The third kappa shape index (κ3) is 4.76. The fraction of sp³-hybridized carbons (Fsp3) is 0.560. The van der Waals surface area contributed by atoms with Crippen molar-refractivity contribution in [1.82, 2.24) is 19.6 Å². The smallest absolute Gasteiger partial charge is 0.277 e. The standard InChI is InChI=1S/C25H35N5O3/c1-16(2)24-22-23(27-28(24)4)25(33)29(15-26-22)14-18-10-11-30(21(32)13-18)20(31)12-17(3)19-8-6-5-7-9-19/h5-9,16-18,21,26,32H,10-15H2,1-4H3/t17?,18?,21-/m1/s1. The van der Waals surface area contributed by atoms with Gasteiger partial charge in [-0.3, -0.25) is 14.3 Å². The number of rotatable bonds is 6. The van der Waals surface area contributed by atoms with Gasteiger partial charge in [-0.15, -0.1) is 0 Å². The Bertz CT molecular complexity index is 1000. The van der Waals surface area contributed by atoms with Crippen molar-refractivity contribution in [3.8, 4) is 0 Å². The van der Waals surface area contributed by atoms with Crippen molar-refractivity contribution >= 4 is 17.5 Å². The van der Waals surface area contributed by atoms with Crippen molar-refractivity contribution in [2.45, 2.75) is 58.1 Å². The molecule has 2 amide bonds. The number of hydrogen-bond acceptors (Lipinski definition) is 5. The Labute approximate surface area is 195 Å². The number of aromatic nitrogens is 2. The highest BCUT2D eigenvalue weighted by atomic mass is 16.3. The third-order valence-electron chi connectivity index (χ3n) is 6.91. The van der Waals surface area contributed by atoms with Crippen LogP contribution in [0.3, 0.4) is 0 Å². The monoisotopic (exact) mass is 453 g/mol. The van der Waals surface area contributed by atoms with Gasteiger partial charge in [0.15, 0.2) is 5.69 Å². The maximum atomic E-state index is 13.1. The molecule has 8 nitrogen and oxygen atoms in total. The van der Waals surface area contributed by atoms with Crippen LogP contribution in [0.4, 0.5) is 5.69 Å². The molecule has 0 radical (unpaired) electrons. The van der Waals surface area contributed by atoms with Crippen LogP contribution in [-0.2, 0) is 11.8 Å². The van der Waals surface area contributed by atoms with E-state index in [2.05, 4.69) is 24.3 Å². The molecule has 0 spiro atoms. The molecule has 2 aromatic rings. The van der Waals surface area contributed by atoms with Gasteiger partial charge in [0.05, 0.1) is 18.1 Å². The zero-order valence-electron chi connectivity index (χ0n) is 20.0. The Morgan fingerprint density at radius 1 is 1.24 bits per heavy atom. The average molecular weight is 454 g/mol. The van der Waals surface area contributed by atoms with Gasteiger partial charge in [-0.2, -0.15) is 5.10 Å². The zero-order valence-corrected chi connectivity index (χ0v) is 20.0. The van der Waals surface area contributed by atoms with E-state index >= 15 is 0 Å². The van der Waals surface area contributed by atoms with Crippen LogP contribution < -0.4 is 5.32 Å². The van der Waals surface area contributed by atoms with Crippen LogP contribution in [0.2, 0.25) is 0 Å². The number of carbonyl (C=O) groups is 2. The minimum atomic E-state index is -0.815. The number of nitrogens with zero attached hydrogens (tertiary/aromatic N) is 4. The highest BCUT2D eigenvalue weighted by Crippen LogP contribution is 2.32. The molecule has 0 aliphatic carbocycles. The number of amides is 2. The van der Waals surface area contributed by atoms with Gasteiger partial charge in [0.2, 0.25) is 5.91 Å². The van der Waals surface area contributed by atoms with Crippen LogP contribution in [0, 0.1) is 5.92 Å². The largest absolute Gasteiger partial charge is 0.374 e. The molecule has 8 heteroatoms. The number of nitrogens with one attached hydrogen (secondary N) is 1. The minimum absolute atomic E-state index is 0.0210. The van der Waals surface area contributed by atoms with Crippen molar-refractivity contribution in [2.24, 2.45) is 13.0 Å². The second-order valence-corrected chi connectivity index (χ2v) is 9.72. The molecule has 1 fully saturated rings. The molecule has 2 N–H and O–H groups in total. The van der Waals surface area contributed by atoms with E-state index in [0.717, 1.165) is 23.4 Å². The van der Waals surface area contributed by atoms with Crippen molar-refractivity contribution in [2.75, 3.05) is 25.1 Å². The summed E-state index contributed by atoms with van der Waals surface area (Å²) >= 11 is 0. The molecule has 1 saturated heterocycles. The molecule has 178 valence electrons. The first-order valence-corrected chi connectivity index (χ1v) is 11.9. The Morgan fingerprint density at radius 2 is 1.97 bits per heavy atom. The summed E-state index contributed by atoms with van der Waals surface area (Å²) in [6.45, 7) is 7.70. The Balaban J connectivity index is 1.33. The van der Waals surface area contributed by atoms with E-state index < -0.39 is 6.23 Å². The van der Waals surface area contributed by atoms with Crippen molar-refractivity contribution in [3.63, 3.8) is 0 Å². The molecular formula is C25H35N5O3. The van der Waals surface area contributed by atoms with Crippen molar-refractivity contribution in [3.05, 3.63) is 47.3 Å². The van der Waals surface area contributed by atoms with Crippen molar-refractivity contribution in [1.29, 1.82) is 0 Å². The van der Waals surface area contributed by atoms with Gasteiger partial charge in [-0.25, -0.2) is 0 Å². The number of hydrogen-bond donors (Lipinski definition) is 2. The maximum Gasteiger partial charge on any atom is 0.277 e. The second kappa shape index (κ2) is 9.55. The van der Waals surface area contributed by atoms with Crippen LogP contribution in [0.5, 0.6) is 0 Å². The minimum Gasteiger partial charge on any atom is -0.374 e. The lowest BCUT2D eigenvalue weighted by Crippen LogP contribution is -2.50. The molecule has 2 unspecified atom stereocenters. The van der Waals surface area contributed by atoms with Gasteiger partial charge in [0.25, 0.3) is 5.91 Å². The van der Waals surface area contributed by atoms with Crippen LogP contribution in [0.15, 0.2) is 30.3 Å². The number of piperidine rings is 1. The van der Waals surface area contributed by atoms with E-state index in [9.17, 15) is 14.7 Å². The molecule has 2 aliphatic rings. The Morgan fingerprint density at radius 3 is 2.64 bits per heavy atom. The first kappa shape index (κ1) is 23.3. The number of benzene rings is 1. The second-order valence-electron chi connectivity index (χ2n) is 9.72. The lowest BCUT2D eigenvalue weighted by atomic mass is 9.92. The Hall–Kier alpha value is -2.87. The number of anilines is 1. The maximum absolute atomic E-state index is 13.1. The summed E-state index contributed by atoms with van der Waals surface area (Å²) in [5.41, 5.74) is 3.46. The lowest BCUT2D eigenvalue weighted by Gasteiger charge is -2.39. The molecule has 1 aromatic carbocycles. The first-order valence-electron chi connectivity index (χ1n) is 11.9. The highest BCUT2D eigenvalue weighted by molar-refractivity contribution is 6.00. The number of likely N-dealkylation sites (tertiary alicyclic amines) is 1. The summed E-state index contributed by atoms with van der Waals surface area (Å²) in [5.74, 6) is 0.406. The predicted molar refractivity (Wildman–Crippen MR) is 127 cm³/mol. The number of carbonyl (C=O) groups excluding carboxylic acids is 2. The number of aliphatic hydroxyl groups excluding tert-OH is 1. The van der Waals surface area contributed by atoms with Crippen LogP contribution >= 0.6 is 0 Å². The molecule has 4 rings (SSSR count). The van der Waals surface area contributed by atoms with Gasteiger partial charge in [-0.05, 0) is 36.2 Å². The molecule has 0 saturated carbocycles. The number of aryl methyl sites for hydroxylation is 1. The predicted octanol–water partition coefficient (Wildman–Crippen LogP) is 3.12. The SMILES string of the molecule is CC(C)c1c2c(nn1C)C(=O)N(CC1CCN(C(=O)CC(C)c3ccccc3)[C@H](O)C1)CN2. The van der Waals surface area contributed by atoms with E-state index in [0.29, 0.717) is 38.3 Å². The first-order chi connectivity index (χ1) is 15.8. The summed E-state index contributed by atoms with van der Waals surface area (Å²) < 4.78 is 1.79. The van der Waals surface area contributed by atoms with Crippen molar-refractivity contribution < 1.29 is 14.7 Å². The van der Waals surface area contributed by atoms with Crippen LogP contribution in [0.25, 0.3) is 0 Å². The van der Waals surface area contributed by atoms with Gasteiger partial charge in [0, 0.05) is 26.6 Å².